The number of hydrogen-bond donors (Lipinski definition) is 1. The highest BCUT2D eigenvalue weighted by Crippen LogP contribution is 2.04. The lowest BCUT2D eigenvalue weighted by molar-refractivity contribution is 0.130. The van der Waals surface area contributed by atoms with Crippen molar-refractivity contribution in [3.8, 4) is 6.07 Å². The Kier molecular flexibility index (Phi) is 6.39. The van der Waals surface area contributed by atoms with E-state index in [0.717, 1.165) is 26.1 Å². The largest absolute Gasteiger partial charge is 0.305 e. The summed E-state index contributed by atoms with van der Waals surface area (Å²) in [6, 6.07) is 2.28. The van der Waals surface area contributed by atoms with Crippen LogP contribution in [0.3, 0.4) is 0 Å². The van der Waals surface area contributed by atoms with Crippen LogP contribution in [0.1, 0.15) is 19.8 Å². The van der Waals surface area contributed by atoms with Crippen molar-refractivity contribution in [3.05, 3.63) is 0 Å². The Morgan fingerprint density at radius 2 is 1.75 bits per heavy atom. The Labute approximate surface area is 99.2 Å². The van der Waals surface area contributed by atoms with Gasteiger partial charge in [-0.05, 0) is 26.4 Å². The molecule has 0 spiro atoms. The van der Waals surface area contributed by atoms with Crippen molar-refractivity contribution in [3.63, 3.8) is 0 Å². The SMILES string of the molecule is CCCN1CCN(CCC(C#N)NC)CC1. The minimum Gasteiger partial charge on any atom is -0.305 e. The van der Waals surface area contributed by atoms with E-state index in [1.54, 1.807) is 0 Å². The zero-order chi connectivity index (χ0) is 11.8. The summed E-state index contributed by atoms with van der Waals surface area (Å²) in [4.78, 5) is 4.99. The maximum atomic E-state index is 8.83. The smallest absolute Gasteiger partial charge is 0.0962 e. The van der Waals surface area contributed by atoms with Crippen LogP contribution in [0.15, 0.2) is 0 Å². The second-order valence-electron chi connectivity index (χ2n) is 4.44. The second kappa shape index (κ2) is 7.61. The number of nitrogens with one attached hydrogen (secondary N) is 1. The molecule has 1 aliphatic heterocycles. The van der Waals surface area contributed by atoms with Gasteiger partial charge in [-0.15, -0.1) is 0 Å². The summed E-state index contributed by atoms with van der Waals surface area (Å²) in [5.41, 5.74) is 0. The number of nitrogens with zero attached hydrogens (tertiary/aromatic N) is 3. The number of nitriles is 1. The number of rotatable bonds is 6. The average Bonchev–Trinajstić information content (AvgIpc) is 2.33. The van der Waals surface area contributed by atoms with Gasteiger partial charge in [0.2, 0.25) is 0 Å². The third-order valence-electron chi connectivity index (χ3n) is 3.24. The van der Waals surface area contributed by atoms with Gasteiger partial charge in [-0.3, -0.25) is 0 Å². The van der Waals surface area contributed by atoms with Crippen LogP contribution in [0.25, 0.3) is 0 Å². The van der Waals surface area contributed by atoms with Gasteiger partial charge < -0.3 is 15.1 Å². The van der Waals surface area contributed by atoms with Gasteiger partial charge in [-0.1, -0.05) is 6.92 Å². The molecule has 1 saturated heterocycles. The van der Waals surface area contributed by atoms with Crippen LogP contribution >= 0.6 is 0 Å². The molecule has 1 heterocycles. The van der Waals surface area contributed by atoms with Crippen LogP contribution in [0.5, 0.6) is 0 Å². The molecule has 1 aliphatic rings. The molecule has 0 aromatic heterocycles. The van der Waals surface area contributed by atoms with E-state index in [9.17, 15) is 0 Å². The van der Waals surface area contributed by atoms with E-state index in [1.807, 2.05) is 7.05 Å². The monoisotopic (exact) mass is 224 g/mol. The molecule has 0 amide bonds. The molecule has 1 unspecified atom stereocenters. The Morgan fingerprint density at radius 3 is 2.19 bits per heavy atom. The zero-order valence-electron chi connectivity index (χ0n) is 10.6. The Hall–Kier alpha value is -0.630. The fraction of sp³-hybridized carbons (Fsp3) is 0.917. The minimum absolute atomic E-state index is 0.00803. The first kappa shape index (κ1) is 13.4. The maximum Gasteiger partial charge on any atom is 0.0962 e. The first-order chi connectivity index (χ1) is 7.80. The molecule has 0 aliphatic carbocycles. The number of hydrogen-bond acceptors (Lipinski definition) is 4. The quantitative estimate of drug-likeness (QED) is 0.714. The van der Waals surface area contributed by atoms with Gasteiger partial charge in [0, 0.05) is 32.7 Å². The van der Waals surface area contributed by atoms with E-state index in [1.165, 1.54) is 26.1 Å². The highest BCUT2D eigenvalue weighted by atomic mass is 15.3. The molecule has 92 valence electrons. The normalized spacial score (nSPS) is 20.6. The van der Waals surface area contributed by atoms with Crippen LogP contribution in [0.2, 0.25) is 0 Å². The van der Waals surface area contributed by atoms with Crippen LogP contribution in [0, 0.1) is 11.3 Å². The summed E-state index contributed by atoms with van der Waals surface area (Å²) in [6.45, 7) is 9.18. The van der Waals surface area contributed by atoms with Gasteiger partial charge >= 0.3 is 0 Å². The van der Waals surface area contributed by atoms with Crippen molar-refractivity contribution in [1.29, 1.82) is 5.26 Å². The average molecular weight is 224 g/mol. The van der Waals surface area contributed by atoms with Crippen LogP contribution in [-0.2, 0) is 0 Å². The maximum absolute atomic E-state index is 8.83. The zero-order valence-corrected chi connectivity index (χ0v) is 10.6. The van der Waals surface area contributed by atoms with E-state index in [2.05, 4.69) is 28.1 Å². The molecule has 0 aromatic carbocycles. The van der Waals surface area contributed by atoms with Gasteiger partial charge in [0.05, 0.1) is 12.1 Å². The molecule has 1 N–H and O–H groups in total. The summed E-state index contributed by atoms with van der Waals surface area (Å²) in [6.07, 6.45) is 2.18. The first-order valence-corrected chi connectivity index (χ1v) is 6.31. The third kappa shape index (κ3) is 4.48. The standard InChI is InChI=1S/C12H24N4/c1-3-5-15-7-9-16(10-8-15)6-4-12(11-13)14-2/h12,14H,3-10H2,1-2H3. The van der Waals surface area contributed by atoms with Crippen molar-refractivity contribution in [2.24, 2.45) is 0 Å². The fourth-order valence-corrected chi connectivity index (χ4v) is 2.14. The second-order valence-corrected chi connectivity index (χ2v) is 4.44. The Balaban J connectivity index is 2.15. The molecule has 0 aromatic rings. The van der Waals surface area contributed by atoms with E-state index in [-0.39, 0.29) is 6.04 Å². The van der Waals surface area contributed by atoms with Crippen molar-refractivity contribution < 1.29 is 0 Å². The summed E-state index contributed by atoms with van der Waals surface area (Å²) in [5, 5.41) is 11.9. The first-order valence-electron chi connectivity index (χ1n) is 6.31. The number of piperazine rings is 1. The molecule has 1 fully saturated rings. The highest BCUT2D eigenvalue weighted by molar-refractivity contribution is 4.89. The molecule has 1 atom stereocenters. The van der Waals surface area contributed by atoms with E-state index < -0.39 is 0 Å². The van der Waals surface area contributed by atoms with Gasteiger partial charge in [0.1, 0.15) is 0 Å². The van der Waals surface area contributed by atoms with Crippen molar-refractivity contribution in [2.45, 2.75) is 25.8 Å². The van der Waals surface area contributed by atoms with E-state index >= 15 is 0 Å². The van der Waals surface area contributed by atoms with Crippen LogP contribution in [0.4, 0.5) is 0 Å². The molecule has 1 rings (SSSR count). The van der Waals surface area contributed by atoms with Gasteiger partial charge in [0.15, 0.2) is 0 Å². The lowest BCUT2D eigenvalue weighted by Gasteiger charge is -2.34. The van der Waals surface area contributed by atoms with Gasteiger partial charge in [-0.25, -0.2) is 0 Å². The van der Waals surface area contributed by atoms with E-state index in [4.69, 9.17) is 5.26 Å². The molecule has 0 radical (unpaired) electrons. The van der Waals surface area contributed by atoms with E-state index in [0.29, 0.717) is 0 Å². The van der Waals surface area contributed by atoms with Gasteiger partial charge in [0.25, 0.3) is 0 Å². The lowest BCUT2D eigenvalue weighted by Crippen LogP contribution is -2.47. The Bertz CT molecular complexity index is 216. The molecule has 4 heteroatoms. The predicted molar refractivity (Wildman–Crippen MR) is 66.2 cm³/mol. The molecule has 0 bridgehead atoms. The summed E-state index contributed by atoms with van der Waals surface area (Å²) >= 11 is 0. The van der Waals surface area contributed by atoms with Gasteiger partial charge in [-0.2, -0.15) is 5.26 Å². The molecular weight excluding hydrogens is 200 g/mol. The third-order valence-corrected chi connectivity index (χ3v) is 3.24. The summed E-state index contributed by atoms with van der Waals surface area (Å²) in [7, 11) is 1.85. The minimum atomic E-state index is 0.00803. The lowest BCUT2D eigenvalue weighted by atomic mass is 10.2. The molecule has 0 saturated carbocycles. The molecule has 4 nitrogen and oxygen atoms in total. The van der Waals surface area contributed by atoms with Crippen molar-refractivity contribution >= 4 is 0 Å². The predicted octanol–water partition coefficient (Wildman–Crippen LogP) is 0.516. The van der Waals surface area contributed by atoms with Crippen molar-refractivity contribution in [1.82, 2.24) is 15.1 Å². The highest BCUT2D eigenvalue weighted by Gasteiger charge is 2.16. The topological polar surface area (TPSA) is 42.3 Å². The summed E-state index contributed by atoms with van der Waals surface area (Å²) in [5.74, 6) is 0. The van der Waals surface area contributed by atoms with Crippen molar-refractivity contribution in [2.75, 3.05) is 46.3 Å². The molecule has 16 heavy (non-hydrogen) atoms. The van der Waals surface area contributed by atoms with Crippen LogP contribution < -0.4 is 5.32 Å². The fourth-order valence-electron chi connectivity index (χ4n) is 2.14. The van der Waals surface area contributed by atoms with Crippen LogP contribution in [-0.4, -0.2) is 62.2 Å². The Morgan fingerprint density at radius 1 is 1.19 bits per heavy atom. The molecular formula is C12H24N4. The summed E-state index contributed by atoms with van der Waals surface area (Å²) < 4.78 is 0.